The van der Waals surface area contributed by atoms with E-state index in [1.807, 2.05) is 13.0 Å². The van der Waals surface area contributed by atoms with E-state index < -0.39 is 0 Å². The highest BCUT2D eigenvalue weighted by Crippen LogP contribution is 2.22. The van der Waals surface area contributed by atoms with E-state index in [2.05, 4.69) is 4.98 Å². The molecule has 1 aromatic heterocycles. The molecule has 6 heteroatoms. The van der Waals surface area contributed by atoms with Gasteiger partial charge < -0.3 is 10.8 Å². The number of aromatic nitrogens is 2. The highest BCUT2D eigenvalue weighted by atomic mass is 35.5. The standard InChI is InChI=1S/C10H10ClN3OS/c1-2-5-3-4-6(11)8-7(5)9(15)14(12)10(16)13-8/h3-4H,2,12H2,1H3,(H,13,16). The summed E-state index contributed by atoms with van der Waals surface area (Å²) in [5, 5.41) is 0.974. The van der Waals surface area contributed by atoms with Crippen molar-refractivity contribution in [2.75, 3.05) is 5.84 Å². The van der Waals surface area contributed by atoms with Gasteiger partial charge in [-0.05, 0) is 30.3 Å². The smallest absolute Gasteiger partial charge is 0.280 e. The molecule has 1 heterocycles. The molecule has 4 nitrogen and oxygen atoms in total. The van der Waals surface area contributed by atoms with E-state index in [1.54, 1.807) is 6.07 Å². The van der Waals surface area contributed by atoms with Gasteiger partial charge in [-0.1, -0.05) is 24.6 Å². The first-order valence-corrected chi connectivity index (χ1v) is 5.56. The number of fused-ring (bicyclic) bond motifs is 1. The van der Waals surface area contributed by atoms with Crippen molar-refractivity contribution in [3.8, 4) is 0 Å². The van der Waals surface area contributed by atoms with Crippen LogP contribution >= 0.6 is 23.8 Å². The molecule has 0 fully saturated rings. The lowest BCUT2D eigenvalue weighted by Crippen LogP contribution is -2.29. The molecule has 0 saturated heterocycles. The molecule has 0 bridgehead atoms. The van der Waals surface area contributed by atoms with E-state index >= 15 is 0 Å². The Hall–Kier alpha value is -1.33. The molecule has 2 aromatic rings. The Kier molecular flexibility index (Phi) is 2.73. The lowest BCUT2D eigenvalue weighted by Gasteiger charge is -2.07. The van der Waals surface area contributed by atoms with Crippen molar-refractivity contribution in [3.63, 3.8) is 0 Å². The number of aromatic amines is 1. The van der Waals surface area contributed by atoms with E-state index in [1.165, 1.54) is 0 Å². The summed E-state index contributed by atoms with van der Waals surface area (Å²) in [5.74, 6) is 5.55. The molecule has 0 aliphatic carbocycles. The maximum absolute atomic E-state index is 12.0. The van der Waals surface area contributed by atoms with Crippen molar-refractivity contribution < 1.29 is 0 Å². The van der Waals surface area contributed by atoms with Crippen molar-refractivity contribution in [2.24, 2.45) is 0 Å². The van der Waals surface area contributed by atoms with Crippen molar-refractivity contribution in [3.05, 3.63) is 37.8 Å². The van der Waals surface area contributed by atoms with Crippen molar-refractivity contribution >= 4 is 34.7 Å². The second-order valence-corrected chi connectivity index (χ2v) is 4.21. The lowest BCUT2D eigenvalue weighted by atomic mass is 10.1. The zero-order valence-corrected chi connectivity index (χ0v) is 10.2. The van der Waals surface area contributed by atoms with Gasteiger partial charge in [0, 0.05) is 0 Å². The minimum absolute atomic E-state index is 0.160. The Balaban J connectivity index is 3.12. The van der Waals surface area contributed by atoms with E-state index in [0.717, 1.165) is 16.7 Å². The lowest BCUT2D eigenvalue weighted by molar-refractivity contribution is 0.889. The first-order chi connectivity index (χ1) is 7.56. The molecular formula is C10H10ClN3OS. The minimum Gasteiger partial charge on any atom is -0.334 e. The van der Waals surface area contributed by atoms with Crippen LogP contribution in [0.2, 0.25) is 5.02 Å². The average Bonchev–Trinajstić information content (AvgIpc) is 2.27. The van der Waals surface area contributed by atoms with Crippen LogP contribution in [0.25, 0.3) is 10.9 Å². The molecule has 84 valence electrons. The fourth-order valence-electron chi connectivity index (χ4n) is 1.66. The van der Waals surface area contributed by atoms with Crippen molar-refractivity contribution in [1.82, 2.24) is 9.66 Å². The van der Waals surface area contributed by atoms with Gasteiger partial charge in [-0.3, -0.25) is 4.79 Å². The predicted octanol–water partition coefficient (Wildman–Crippen LogP) is 1.99. The molecule has 0 atom stereocenters. The van der Waals surface area contributed by atoms with Gasteiger partial charge in [-0.25, -0.2) is 0 Å². The Labute approximate surface area is 102 Å². The van der Waals surface area contributed by atoms with Crippen LogP contribution in [-0.4, -0.2) is 9.66 Å². The number of H-pyrrole nitrogens is 1. The van der Waals surface area contributed by atoms with Gasteiger partial charge >= 0.3 is 0 Å². The van der Waals surface area contributed by atoms with Crippen molar-refractivity contribution in [1.29, 1.82) is 0 Å². The summed E-state index contributed by atoms with van der Waals surface area (Å²) in [6, 6.07) is 3.57. The van der Waals surface area contributed by atoms with Crippen LogP contribution in [0.3, 0.4) is 0 Å². The topological polar surface area (TPSA) is 63.8 Å². The summed E-state index contributed by atoms with van der Waals surface area (Å²) in [7, 11) is 0. The molecule has 0 unspecified atom stereocenters. The number of benzene rings is 1. The van der Waals surface area contributed by atoms with Crippen molar-refractivity contribution in [2.45, 2.75) is 13.3 Å². The molecular weight excluding hydrogens is 246 g/mol. The maximum Gasteiger partial charge on any atom is 0.280 e. The van der Waals surface area contributed by atoms with Crippen LogP contribution in [-0.2, 0) is 6.42 Å². The zero-order valence-electron chi connectivity index (χ0n) is 8.58. The summed E-state index contributed by atoms with van der Waals surface area (Å²) in [5.41, 5.74) is 1.13. The molecule has 1 aromatic carbocycles. The van der Waals surface area contributed by atoms with Gasteiger partial charge in [0.2, 0.25) is 0 Å². The molecule has 16 heavy (non-hydrogen) atoms. The van der Waals surface area contributed by atoms with E-state index in [4.69, 9.17) is 29.7 Å². The second kappa shape index (κ2) is 3.92. The minimum atomic E-state index is -0.321. The summed E-state index contributed by atoms with van der Waals surface area (Å²) in [6.45, 7) is 1.96. The fraction of sp³-hybridized carbons (Fsp3) is 0.200. The van der Waals surface area contributed by atoms with Crippen LogP contribution < -0.4 is 11.4 Å². The number of nitrogens with one attached hydrogen (secondary N) is 1. The number of halogens is 1. The number of hydrogen-bond donors (Lipinski definition) is 2. The van der Waals surface area contributed by atoms with Gasteiger partial charge in [0.05, 0.1) is 15.9 Å². The van der Waals surface area contributed by atoms with Gasteiger partial charge in [-0.2, -0.15) is 4.68 Å². The molecule has 0 radical (unpaired) electrons. The zero-order chi connectivity index (χ0) is 11.9. The van der Waals surface area contributed by atoms with Crippen LogP contribution in [0.5, 0.6) is 0 Å². The van der Waals surface area contributed by atoms with Crippen LogP contribution in [0.15, 0.2) is 16.9 Å². The average molecular weight is 256 g/mol. The highest BCUT2D eigenvalue weighted by Gasteiger charge is 2.10. The molecule has 0 amide bonds. The maximum atomic E-state index is 12.0. The van der Waals surface area contributed by atoms with Crippen LogP contribution in [0.1, 0.15) is 12.5 Å². The molecule has 0 spiro atoms. The molecule has 2 rings (SSSR count). The predicted molar refractivity (Wildman–Crippen MR) is 67.9 cm³/mol. The van der Waals surface area contributed by atoms with E-state index in [0.29, 0.717) is 15.9 Å². The van der Waals surface area contributed by atoms with E-state index in [-0.39, 0.29) is 10.3 Å². The summed E-state index contributed by atoms with van der Waals surface area (Å²) >= 11 is 10.9. The first kappa shape index (κ1) is 11.2. The largest absolute Gasteiger partial charge is 0.334 e. The normalized spacial score (nSPS) is 10.9. The molecule has 0 saturated carbocycles. The third-order valence-electron chi connectivity index (χ3n) is 2.51. The molecule has 0 aliphatic heterocycles. The number of hydrogen-bond acceptors (Lipinski definition) is 3. The quantitative estimate of drug-likeness (QED) is 0.605. The second-order valence-electron chi connectivity index (χ2n) is 3.42. The number of nitrogen functional groups attached to an aromatic ring is 1. The monoisotopic (exact) mass is 255 g/mol. The molecule has 3 N–H and O–H groups in total. The Bertz CT molecular complexity index is 674. The first-order valence-electron chi connectivity index (χ1n) is 4.77. The number of aryl methyl sites for hydroxylation is 1. The van der Waals surface area contributed by atoms with Gasteiger partial charge in [0.25, 0.3) is 5.56 Å². The number of rotatable bonds is 1. The van der Waals surface area contributed by atoms with Gasteiger partial charge in [0.15, 0.2) is 4.77 Å². The Morgan fingerprint density at radius 2 is 2.25 bits per heavy atom. The number of nitrogens with two attached hydrogens (primary N) is 1. The SMILES string of the molecule is CCc1ccc(Cl)c2[nH]c(=S)n(N)c(=O)c12. The van der Waals surface area contributed by atoms with Crippen LogP contribution in [0, 0.1) is 4.77 Å². The third-order valence-corrected chi connectivity index (χ3v) is 3.12. The van der Waals surface area contributed by atoms with Crippen LogP contribution in [0.4, 0.5) is 0 Å². The third kappa shape index (κ3) is 1.52. The van der Waals surface area contributed by atoms with Gasteiger partial charge in [-0.15, -0.1) is 0 Å². The highest BCUT2D eigenvalue weighted by molar-refractivity contribution is 7.71. The summed E-state index contributed by atoms with van der Waals surface area (Å²) < 4.78 is 1.08. The number of nitrogens with zero attached hydrogens (tertiary/aromatic N) is 1. The Morgan fingerprint density at radius 3 is 2.88 bits per heavy atom. The van der Waals surface area contributed by atoms with E-state index in [9.17, 15) is 4.79 Å². The summed E-state index contributed by atoms with van der Waals surface area (Å²) in [4.78, 5) is 14.8. The summed E-state index contributed by atoms with van der Waals surface area (Å²) in [6.07, 6.45) is 0.730. The Morgan fingerprint density at radius 1 is 1.56 bits per heavy atom. The van der Waals surface area contributed by atoms with Gasteiger partial charge in [0.1, 0.15) is 0 Å². The molecule has 0 aliphatic rings. The fourth-order valence-corrected chi connectivity index (χ4v) is 2.05.